The van der Waals surface area contributed by atoms with Gasteiger partial charge in [0.1, 0.15) is 6.54 Å². The third-order valence-electron chi connectivity index (χ3n) is 3.85. The minimum absolute atomic E-state index is 0.0451. The van der Waals surface area contributed by atoms with Crippen LogP contribution in [0.25, 0.3) is 0 Å². The van der Waals surface area contributed by atoms with Crippen molar-refractivity contribution in [2.45, 2.75) is 38.3 Å². The fourth-order valence-corrected chi connectivity index (χ4v) is 2.42. The maximum absolute atomic E-state index is 12.1. The monoisotopic (exact) mass is 297 g/mol. The van der Waals surface area contributed by atoms with Gasteiger partial charge in [-0.2, -0.15) is 5.10 Å². The minimum atomic E-state index is -0.244. The lowest BCUT2D eigenvalue weighted by atomic mass is 10.1. The second kappa shape index (κ2) is 6.13. The van der Waals surface area contributed by atoms with Crippen molar-refractivity contribution in [1.82, 2.24) is 15.1 Å². The van der Waals surface area contributed by atoms with E-state index in [1.165, 1.54) is 10.7 Å². The Morgan fingerprint density at radius 1 is 1.27 bits per heavy atom. The lowest BCUT2D eigenvalue weighted by Gasteiger charge is -2.14. The normalized spacial score (nSPS) is 15.3. The standard InChI is InChI=1S/C17H19N3O2/c1-12(13-5-3-2-4-6-13)18-16(21)11-20-17(22)10-9-15(19-20)14-7-8-14/h2-6,9-10,12,14H,7-8,11H2,1H3,(H,18,21). The molecular weight excluding hydrogens is 278 g/mol. The van der Waals surface area contributed by atoms with E-state index in [2.05, 4.69) is 10.4 Å². The number of carbonyl (C=O) groups excluding carboxylic acids is 1. The summed E-state index contributed by atoms with van der Waals surface area (Å²) < 4.78 is 1.25. The Morgan fingerprint density at radius 3 is 2.68 bits per heavy atom. The van der Waals surface area contributed by atoms with Gasteiger partial charge in [0.15, 0.2) is 0 Å². The molecule has 1 aliphatic carbocycles. The predicted molar refractivity (Wildman–Crippen MR) is 83.5 cm³/mol. The van der Waals surface area contributed by atoms with Crippen molar-refractivity contribution in [1.29, 1.82) is 0 Å². The summed E-state index contributed by atoms with van der Waals surface area (Å²) in [6, 6.07) is 12.9. The quantitative estimate of drug-likeness (QED) is 0.918. The Kier molecular flexibility index (Phi) is 4.04. The summed E-state index contributed by atoms with van der Waals surface area (Å²) in [5.74, 6) is 0.247. The second-order valence-electron chi connectivity index (χ2n) is 5.73. The van der Waals surface area contributed by atoms with Crippen LogP contribution in [0.15, 0.2) is 47.3 Å². The van der Waals surface area contributed by atoms with Crippen molar-refractivity contribution in [3.8, 4) is 0 Å². The third-order valence-corrected chi connectivity index (χ3v) is 3.85. The third kappa shape index (κ3) is 3.42. The number of nitrogens with one attached hydrogen (secondary N) is 1. The van der Waals surface area contributed by atoms with Gasteiger partial charge in [-0.05, 0) is 31.4 Å². The topological polar surface area (TPSA) is 64.0 Å². The first kappa shape index (κ1) is 14.5. The molecule has 2 aromatic rings. The Labute approximate surface area is 129 Å². The maximum Gasteiger partial charge on any atom is 0.267 e. The summed E-state index contributed by atoms with van der Waals surface area (Å²) >= 11 is 0. The van der Waals surface area contributed by atoms with E-state index >= 15 is 0 Å². The van der Waals surface area contributed by atoms with Gasteiger partial charge in [-0.15, -0.1) is 0 Å². The molecule has 0 radical (unpaired) electrons. The highest BCUT2D eigenvalue weighted by Gasteiger charge is 2.25. The molecule has 1 N–H and O–H groups in total. The molecule has 114 valence electrons. The first-order chi connectivity index (χ1) is 10.6. The summed E-state index contributed by atoms with van der Waals surface area (Å²) in [7, 11) is 0. The van der Waals surface area contributed by atoms with Crippen molar-refractivity contribution in [3.05, 3.63) is 64.1 Å². The second-order valence-corrected chi connectivity index (χ2v) is 5.73. The van der Waals surface area contributed by atoms with Crippen LogP contribution in [0.4, 0.5) is 0 Å². The lowest BCUT2D eigenvalue weighted by molar-refractivity contribution is -0.122. The van der Waals surface area contributed by atoms with Crippen LogP contribution in [-0.2, 0) is 11.3 Å². The summed E-state index contributed by atoms with van der Waals surface area (Å²) in [4.78, 5) is 24.0. The fourth-order valence-electron chi connectivity index (χ4n) is 2.42. The maximum atomic E-state index is 12.1. The van der Waals surface area contributed by atoms with Crippen molar-refractivity contribution < 1.29 is 4.79 Å². The van der Waals surface area contributed by atoms with Crippen LogP contribution in [0.5, 0.6) is 0 Å². The van der Waals surface area contributed by atoms with Crippen LogP contribution in [-0.4, -0.2) is 15.7 Å². The zero-order valence-corrected chi connectivity index (χ0v) is 12.5. The number of nitrogens with zero attached hydrogens (tertiary/aromatic N) is 2. The number of carbonyl (C=O) groups is 1. The number of amides is 1. The molecule has 5 nitrogen and oxygen atoms in total. The van der Waals surface area contributed by atoms with Gasteiger partial charge < -0.3 is 5.32 Å². The SMILES string of the molecule is CC(NC(=O)Cn1nc(C2CC2)ccc1=O)c1ccccc1. The van der Waals surface area contributed by atoms with Gasteiger partial charge in [0.05, 0.1) is 11.7 Å². The van der Waals surface area contributed by atoms with Gasteiger partial charge in [-0.1, -0.05) is 30.3 Å². The molecule has 22 heavy (non-hydrogen) atoms. The molecule has 3 rings (SSSR count). The highest BCUT2D eigenvalue weighted by atomic mass is 16.2. The summed E-state index contributed by atoms with van der Waals surface area (Å²) in [5.41, 5.74) is 1.69. The van der Waals surface area contributed by atoms with Crippen LogP contribution in [0.3, 0.4) is 0 Å². The Hall–Kier alpha value is -2.43. The molecular formula is C17H19N3O2. The van der Waals surface area contributed by atoms with E-state index < -0.39 is 0 Å². The average Bonchev–Trinajstić information content (AvgIpc) is 3.35. The molecule has 1 fully saturated rings. The van der Waals surface area contributed by atoms with Crippen LogP contribution in [0.2, 0.25) is 0 Å². The molecule has 1 saturated carbocycles. The number of rotatable bonds is 5. The first-order valence-corrected chi connectivity index (χ1v) is 7.56. The van der Waals surface area contributed by atoms with Crippen LogP contribution < -0.4 is 10.9 Å². The lowest BCUT2D eigenvalue weighted by Crippen LogP contribution is -2.35. The largest absolute Gasteiger partial charge is 0.348 e. The summed E-state index contributed by atoms with van der Waals surface area (Å²) in [5, 5.41) is 7.20. The van der Waals surface area contributed by atoms with Gasteiger partial charge in [-0.3, -0.25) is 9.59 Å². The van der Waals surface area contributed by atoms with E-state index in [0.29, 0.717) is 5.92 Å². The number of benzene rings is 1. The molecule has 1 atom stereocenters. The number of hydrogen-bond donors (Lipinski definition) is 1. The van der Waals surface area contributed by atoms with E-state index in [4.69, 9.17) is 0 Å². The molecule has 1 amide bonds. The fraction of sp³-hybridized carbons (Fsp3) is 0.353. The van der Waals surface area contributed by atoms with Gasteiger partial charge in [0.2, 0.25) is 5.91 Å². The predicted octanol–water partition coefficient (Wildman–Crippen LogP) is 2.00. The van der Waals surface area contributed by atoms with Gasteiger partial charge >= 0.3 is 0 Å². The average molecular weight is 297 g/mol. The van der Waals surface area contributed by atoms with Crippen LogP contribution >= 0.6 is 0 Å². The molecule has 0 aliphatic heterocycles. The minimum Gasteiger partial charge on any atom is -0.348 e. The van der Waals surface area contributed by atoms with E-state index in [9.17, 15) is 9.59 Å². The summed E-state index contributed by atoms with van der Waals surface area (Å²) in [6.07, 6.45) is 2.23. The Balaban J connectivity index is 1.66. The van der Waals surface area contributed by atoms with Crippen molar-refractivity contribution in [3.63, 3.8) is 0 Å². The zero-order valence-electron chi connectivity index (χ0n) is 12.5. The van der Waals surface area contributed by atoms with E-state index in [-0.39, 0.29) is 24.1 Å². The van der Waals surface area contributed by atoms with Gasteiger partial charge in [-0.25, -0.2) is 4.68 Å². The molecule has 1 aliphatic rings. The van der Waals surface area contributed by atoms with Gasteiger partial charge in [0.25, 0.3) is 5.56 Å². The van der Waals surface area contributed by atoms with Crippen LogP contribution in [0, 0.1) is 0 Å². The molecule has 1 unspecified atom stereocenters. The number of aromatic nitrogens is 2. The van der Waals surface area contributed by atoms with Crippen LogP contribution in [0.1, 0.15) is 43.0 Å². The molecule has 5 heteroatoms. The number of hydrogen-bond acceptors (Lipinski definition) is 3. The molecule has 1 aromatic carbocycles. The van der Waals surface area contributed by atoms with E-state index in [1.54, 1.807) is 6.07 Å². The zero-order chi connectivity index (χ0) is 15.5. The Bertz CT molecular complexity index is 720. The van der Waals surface area contributed by atoms with E-state index in [0.717, 1.165) is 24.1 Å². The molecule has 0 saturated heterocycles. The molecule has 1 heterocycles. The smallest absolute Gasteiger partial charge is 0.267 e. The highest BCUT2D eigenvalue weighted by Crippen LogP contribution is 2.38. The highest BCUT2D eigenvalue weighted by molar-refractivity contribution is 5.76. The van der Waals surface area contributed by atoms with Crippen molar-refractivity contribution in [2.24, 2.45) is 0 Å². The molecule has 0 bridgehead atoms. The van der Waals surface area contributed by atoms with E-state index in [1.807, 2.05) is 37.3 Å². The van der Waals surface area contributed by atoms with Gasteiger partial charge in [0, 0.05) is 12.0 Å². The molecule has 0 spiro atoms. The Morgan fingerprint density at radius 2 is 2.00 bits per heavy atom. The summed E-state index contributed by atoms with van der Waals surface area (Å²) in [6.45, 7) is 1.88. The van der Waals surface area contributed by atoms with Crippen molar-refractivity contribution >= 4 is 5.91 Å². The molecule has 1 aromatic heterocycles. The first-order valence-electron chi connectivity index (χ1n) is 7.56. The van der Waals surface area contributed by atoms with Crippen molar-refractivity contribution in [2.75, 3.05) is 0 Å².